The third-order valence-electron chi connectivity index (χ3n) is 3.17. The van der Waals surface area contributed by atoms with E-state index in [0.29, 0.717) is 25.9 Å². The number of hydrogen-bond acceptors (Lipinski definition) is 3. The van der Waals surface area contributed by atoms with Crippen LogP contribution >= 0.6 is 0 Å². The van der Waals surface area contributed by atoms with E-state index in [0.717, 1.165) is 19.3 Å². The summed E-state index contributed by atoms with van der Waals surface area (Å²) in [6.07, 6.45) is 3.59. The summed E-state index contributed by atoms with van der Waals surface area (Å²) in [4.78, 5) is 0. The Morgan fingerprint density at radius 2 is 2.00 bits per heavy atom. The molecule has 1 rings (SSSR count). The summed E-state index contributed by atoms with van der Waals surface area (Å²) >= 11 is 0. The number of aliphatic hydroxyl groups is 1. The third kappa shape index (κ3) is 4.03. The standard InChI is InChI=1S/C11H23NO3S/c1-3-4-10-16(14,15)12-8-5-6-11(2,13)7-9-12/h13H,3-10H2,1-2H3. The zero-order chi connectivity index (χ0) is 12.2. The molecule has 0 aromatic carbocycles. The maximum absolute atomic E-state index is 12.0. The molecular weight excluding hydrogens is 226 g/mol. The van der Waals surface area contributed by atoms with E-state index >= 15 is 0 Å². The van der Waals surface area contributed by atoms with Gasteiger partial charge in [0, 0.05) is 13.1 Å². The second kappa shape index (κ2) is 5.47. The first-order chi connectivity index (χ1) is 7.37. The van der Waals surface area contributed by atoms with Gasteiger partial charge < -0.3 is 5.11 Å². The molecule has 1 N–H and O–H groups in total. The van der Waals surface area contributed by atoms with E-state index in [4.69, 9.17) is 0 Å². The average molecular weight is 249 g/mol. The SMILES string of the molecule is CCCCS(=O)(=O)N1CCCC(C)(O)CC1. The molecule has 1 fully saturated rings. The van der Waals surface area contributed by atoms with Crippen LogP contribution in [0.15, 0.2) is 0 Å². The van der Waals surface area contributed by atoms with Crippen molar-refractivity contribution in [3.63, 3.8) is 0 Å². The fourth-order valence-corrected chi connectivity index (χ4v) is 3.66. The predicted octanol–water partition coefficient (Wildman–Crippen LogP) is 1.35. The molecule has 1 aliphatic rings. The van der Waals surface area contributed by atoms with E-state index in [9.17, 15) is 13.5 Å². The molecule has 0 bridgehead atoms. The minimum absolute atomic E-state index is 0.242. The summed E-state index contributed by atoms with van der Waals surface area (Å²) in [7, 11) is -3.10. The first-order valence-electron chi connectivity index (χ1n) is 6.07. The summed E-state index contributed by atoms with van der Waals surface area (Å²) in [5.41, 5.74) is -0.699. The predicted molar refractivity (Wildman–Crippen MR) is 64.7 cm³/mol. The molecule has 1 unspecified atom stereocenters. The van der Waals surface area contributed by atoms with Gasteiger partial charge in [0.2, 0.25) is 10.0 Å². The van der Waals surface area contributed by atoms with E-state index in [2.05, 4.69) is 0 Å². The molecule has 0 spiro atoms. The molecule has 1 atom stereocenters. The van der Waals surface area contributed by atoms with Crippen LogP contribution in [0.2, 0.25) is 0 Å². The lowest BCUT2D eigenvalue weighted by Gasteiger charge is -2.22. The molecule has 16 heavy (non-hydrogen) atoms. The van der Waals surface area contributed by atoms with Gasteiger partial charge in [-0.25, -0.2) is 12.7 Å². The normalized spacial score (nSPS) is 28.9. The van der Waals surface area contributed by atoms with Crippen molar-refractivity contribution in [3.8, 4) is 0 Å². The van der Waals surface area contributed by atoms with Crippen molar-refractivity contribution in [2.45, 2.75) is 51.6 Å². The Kier molecular flexibility index (Phi) is 4.76. The molecule has 0 aliphatic carbocycles. The lowest BCUT2D eigenvalue weighted by molar-refractivity contribution is 0.0465. The van der Waals surface area contributed by atoms with Gasteiger partial charge in [-0.3, -0.25) is 0 Å². The first kappa shape index (κ1) is 13.9. The van der Waals surface area contributed by atoms with Crippen LogP contribution in [0.4, 0.5) is 0 Å². The Labute approximate surface area is 98.7 Å². The van der Waals surface area contributed by atoms with Crippen molar-refractivity contribution >= 4 is 10.0 Å². The molecule has 4 nitrogen and oxygen atoms in total. The van der Waals surface area contributed by atoms with Gasteiger partial charge in [-0.05, 0) is 32.6 Å². The van der Waals surface area contributed by atoms with Gasteiger partial charge in [0.05, 0.1) is 11.4 Å². The highest BCUT2D eigenvalue weighted by Gasteiger charge is 2.29. The Hall–Kier alpha value is -0.130. The second-order valence-corrected chi connectivity index (χ2v) is 7.01. The Morgan fingerprint density at radius 1 is 1.31 bits per heavy atom. The zero-order valence-electron chi connectivity index (χ0n) is 10.3. The summed E-state index contributed by atoms with van der Waals surface area (Å²) in [6, 6.07) is 0. The van der Waals surface area contributed by atoms with E-state index in [1.165, 1.54) is 0 Å². The van der Waals surface area contributed by atoms with Crippen LogP contribution < -0.4 is 0 Å². The van der Waals surface area contributed by atoms with Crippen LogP contribution in [0, 0.1) is 0 Å². The summed E-state index contributed by atoms with van der Waals surface area (Å²) < 4.78 is 25.5. The molecular formula is C11H23NO3S. The van der Waals surface area contributed by atoms with Gasteiger partial charge in [0.15, 0.2) is 0 Å². The van der Waals surface area contributed by atoms with Crippen molar-refractivity contribution in [1.82, 2.24) is 4.31 Å². The van der Waals surface area contributed by atoms with Crippen molar-refractivity contribution in [2.75, 3.05) is 18.8 Å². The number of unbranched alkanes of at least 4 members (excludes halogenated alkanes) is 1. The highest BCUT2D eigenvalue weighted by Crippen LogP contribution is 2.23. The lowest BCUT2D eigenvalue weighted by atomic mass is 9.98. The molecule has 0 amide bonds. The zero-order valence-corrected chi connectivity index (χ0v) is 11.1. The molecule has 1 aliphatic heterocycles. The minimum atomic E-state index is -3.10. The number of sulfonamides is 1. The lowest BCUT2D eigenvalue weighted by Crippen LogP contribution is -2.35. The minimum Gasteiger partial charge on any atom is -0.390 e. The maximum atomic E-state index is 12.0. The Bertz CT molecular complexity index is 311. The van der Waals surface area contributed by atoms with Crippen LogP contribution in [0.1, 0.15) is 46.0 Å². The maximum Gasteiger partial charge on any atom is 0.214 e. The summed E-state index contributed by atoms with van der Waals surface area (Å²) in [5.74, 6) is 0.242. The van der Waals surface area contributed by atoms with Gasteiger partial charge >= 0.3 is 0 Å². The largest absolute Gasteiger partial charge is 0.390 e. The van der Waals surface area contributed by atoms with Gasteiger partial charge in [0.25, 0.3) is 0 Å². The number of rotatable bonds is 4. The molecule has 5 heteroatoms. The molecule has 1 saturated heterocycles. The quantitative estimate of drug-likeness (QED) is 0.818. The van der Waals surface area contributed by atoms with Gasteiger partial charge in [-0.2, -0.15) is 0 Å². The van der Waals surface area contributed by atoms with Crippen LogP contribution in [0.25, 0.3) is 0 Å². The van der Waals surface area contributed by atoms with Crippen molar-refractivity contribution in [3.05, 3.63) is 0 Å². The molecule has 0 radical (unpaired) electrons. The van der Waals surface area contributed by atoms with Crippen molar-refractivity contribution in [2.24, 2.45) is 0 Å². The number of hydrogen-bond donors (Lipinski definition) is 1. The Morgan fingerprint density at radius 3 is 2.62 bits per heavy atom. The van der Waals surface area contributed by atoms with Gasteiger partial charge in [0.1, 0.15) is 0 Å². The monoisotopic (exact) mass is 249 g/mol. The third-order valence-corrected chi connectivity index (χ3v) is 5.13. The first-order valence-corrected chi connectivity index (χ1v) is 7.68. The number of nitrogens with zero attached hydrogens (tertiary/aromatic N) is 1. The molecule has 0 saturated carbocycles. The second-order valence-electron chi connectivity index (χ2n) is 4.92. The van der Waals surface area contributed by atoms with Crippen molar-refractivity contribution < 1.29 is 13.5 Å². The molecule has 0 aromatic rings. The van der Waals surface area contributed by atoms with E-state index in [-0.39, 0.29) is 5.75 Å². The van der Waals surface area contributed by atoms with Crippen molar-refractivity contribution in [1.29, 1.82) is 0 Å². The topological polar surface area (TPSA) is 57.6 Å². The summed E-state index contributed by atoms with van der Waals surface area (Å²) in [5, 5.41) is 9.89. The smallest absolute Gasteiger partial charge is 0.214 e. The fraction of sp³-hybridized carbons (Fsp3) is 1.00. The van der Waals surface area contributed by atoms with Crippen LogP contribution in [0.5, 0.6) is 0 Å². The van der Waals surface area contributed by atoms with Crippen LogP contribution in [-0.4, -0.2) is 42.3 Å². The van der Waals surface area contributed by atoms with E-state index < -0.39 is 15.6 Å². The van der Waals surface area contributed by atoms with Gasteiger partial charge in [-0.15, -0.1) is 0 Å². The molecule has 0 aromatic heterocycles. The summed E-state index contributed by atoms with van der Waals surface area (Å²) in [6.45, 7) is 4.79. The molecule has 1 heterocycles. The Balaban J connectivity index is 2.60. The van der Waals surface area contributed by atoms with Gasteiger partial charge in [-0.1, -0.05) is 13.3 Å². The van der Waals surface area contributed by atoms with E-state index in [1.807, 2.05) is 6.92 Å². The highest BCUT2D eigenvalue weighted by atomic mass is 32.2. The highest BCUT2D eigenvalue weighted by molar-refractivity contribution is 7.89. The van der Waals surface area contributed by atoms with Crippen LogP contribution in [-0.2, 0) is 10.0 Å². The fourth-order valence-electron chi connectivity index (χ4n) is 1.97. The van der Waals surface area contributed by atoms with Crippen LogP contribution in [0.3, 0.4) is 0 Å². The van der Waals surface area contributed by atoms with E-state index in [1.54, 1.807) is 11.2 Å². The molecule has 96 valence electrons. The average Bonchev–Trinajstić information content (AvgIpc) is 2.36.